The van der Waals surface area contributed by atoms with Gasteiger partial charge in [0.15, 0.2) is 17.0 Å². The van der Waals surface area contributed by atoms with Crippen molar-refractivity contribution >= 4 is 44.8 Å². The molecule has 4 aromatic rings. The van der Waals surface area contributed by atoms with Gasteiger partial charge in [0.2, 0.25) is 0 Å². The molecule has 3 aromatic heterocycles. The molecule has 0 saturated heterocycles. The summed E-state index contributed by atoms with van der Waals surface area (Å²) in [5.41, 5.74) is -0.462. The highest BCUT2D eigenvalue weighted by atomic mass is 35.5. The van der Waals surface area contributed by atoms with Crippen LogP contribution in [-0.4, -0.2) is 29.1 Å². The third kappa shape index (κ3) is 2.68. The van der Waals surface area contributed by atoms with Gasteiger partial charge in [0, 0.05) is 20.2 Å². The molecule has 3 heterocycles. The predicted octanol–water partition coefficient (Wildman–Crippen LogP) is 0.934. The Balaban J connectivity index is 1.92. The zero-order valence-electron chi connectivity index (χ0n) is 14.3. The second kappa shape index (κ2) is 6.06. The number of aromatic nitrogens is 6. The van der Waals surface area contributed by atoms with E-state index in [1.807, 2.05) is 0 Å². The third-order valence-corrected chi connectivity index (χ3v) is 4.55. The van der Waals surface area contributed by atoms with Gasteiger partial charge in [-0.25, -0.2) is 14.8 Å². The van der Waals surface area contributed by atoms with E-state index in [2.05, 4.69) is 19.9 Å². The van der Waals surface area contributed by atoms with Gasteiger partial charge in [0.25, 0.3) is 11.1 Å². The van der Waals surface area contributed by atoms with Crippen LogP contribution < -0.4 is 16.8 Å². The molecule has 27 heavy (non-hydrogen) atoms. The highest BCUT2D eigenvalue weighted by Gasteiger charge is 2.15. The smallest absolute Gasteiger partial charge is 0.322 e. The van der Waals surface area contributed by atoms with Crippen molar-refractivity contribution in [3.63, 3.8) is 0 Å². The summed E-state index contributed by atoms with van der Waals surface area (Å²) in [5, 5.41) is 0.590. The van der Waals surface area contributed by atoms with Crippen LogP contribution in [0.2, 0.25) is 0 Å². The minimum absolute atomic E-state index is 0.137. The zero-order valence-corrected chi connectivity index (χ0v) is 15.0. The number of aromatic amines is 2. The van der Waals surface area contributed by atoms with E-state index in [9.17, 15) is 14.4 Å². The topological polar surface area (TPSA) is 118 Å². The summed E-state index contributed by atoms with van der Waals surface area (Å²) in [6.07, 6.45) is 1.47. The third-order valence-electron chi connectivity index (χ3n) is 4.26. The Morgan fingerprint density at radius 1 is 1.04 bits per heavy atom. The van der Waals surface area contributed by atoms with Gasteiger partial charge in [-0.05, 0) is 12.1 Å². The molecule has 0 spiro atoms. The molecule has 0 unspecified atom stereocenters. The number of H-pyrrole nitrogens is 2. The van der Waals surface area contributed by atoms with E-state index < -0.39 is 11.2 Å². The first-order valence-corrected chi connectivity index (χ1v) is 8.27. The lowest BCUT2D eigenvalue weighted by Gasteiger charge is -2.02. The standard InChI is InChI=1S/C17H13ClN6O3/c1-23-11(20-14-12(23)16(26)22-17(27)24(14)2)7-9(18)13-19-10-6-4-3-5-8(10)15(25)21-13/h3-7H,1-2H3,(H,19,21,25)(H,22,26,27)/b9-7-. The second-order valence-corrected chi connectivity index (χ2v) is 6.35. The number of imidazole rings is 1. The van der Waals surface area contributed by atoms with E-state index in [-0.39, 0.29) is 27.6 Å². The Morgan fingerprint density at radius 3 is 2.56 bits per heavy atom. The number of rotatable bonds is 2. The first-order chi connectivity index (χ1) is 12.9. The molecule has 136 valence electrons. The first kappa shape index (κ1) is 17.0. The maximum Gasteiger partial charge on any atom is 0.329 e. The second-order valence-electron chi connectivity index (χ2n) is 5.94. The van der Waals surface area contributed by atoms with Crippen molar-refractivity contribution in [3.8, 4) is 0 Å². The average molecular weight is 385 g/mol. The van der Waals surface area contributed by atoms with Crippen LogP contribution in [0.4, 0.5) is 0 Å². The van der Waals surface area contributed by atoms with Crippen LogP contribution in [0, 0.1) is 0 Å². The maximum absolute atomic E-state index is 12.2. The van der Waals surface area contributed by atoms with Gasteiger partial charge in [-0.3, -0.25) is 19.1 Å². The van der Waals surface area contributed by atoms with E-state index in [1.165, 1.54) is 22.3 Å². The van der Waals surface area contributed by atoms with Crippen molar-refractivity contribution in [3.05, 3.63) is 67.1 Å². The zero-order chi connectivity index (χ0) is 19.3. The number of hydrogen-bond acceptors (Lipinski definition) is 5. The van der Waals surface area contributed by atoms with Gasteiger partial charge in [0.05, 0.1) is 15.9 Å². The summed E-state index contributed by atoms with van der Waals surface area (Å²) >= 11 is 6.34. The molecule has 0 saturated carbocycles. The molecule has 0 aliphatic rings. The van der Waals surface area contributed by atoms with E-state index >= 15 is 0 Å². The highest BCUT2D eigenvalue weighted by molar-refractivity contribution is 6.50. The van der Waals surface area contributed by atoms with E-state index in [1.54, 1.807) is 31.3 Å². The summed E-state index contributed by atoms with van der Waals surface area (Å²) in [4.78, 5) is 49.6. The fourth-order valence-electron chi connectivity index (χ4n) is 2.84. The SMILES string of the molecule is Cn1c(/C=C(\Cl)c2nc3ccccc3c(=O)[nH]2)nc2c1c(=O)[nH]c(=O)n2C. The molecule has 0 fully saturated rings. The van der Waals surface area contributed by atoms with Crippen molar-refractivity contribution in [1.82, 2.24) is 29.1 Å². The molecule has 0 atom stereocenters. The molecule has 9 nitrogen and oxygen atoms in total. The van der Waals surface area contributed by atoms with Gasteiger partial charge in [-0.15, -0.1) is 0 Å². The number of fused-ring (bicyclic) bond motifs is 2. The normalized spacial score (nSPS) is 12.2. The van der Waals surface area contributed by atoms with E-state index in [4.69, 9.17) is 11.6 Å². The lowest BCUT2D eigenvalue weighted by molar-refractivity contribution is 0.829. The molecular weight excluding hydrogens is 372 g/mol. The predicted molar refractivity (Wildman–Crippen MR) is 103 cm³/mol. The van der Waals surface area contributed by atoms with Gasteiger partial charge in [-0.1, -0.05) is 23.7 Å². The Labute approximate surface area is 155 Å². The summed E-state index contributed by atoms with van der Waals surface area (Å²) in [7, 11) is 3.13. The van der Waals surface area contributed by atoms with Gasteiger partial charge in [-0.2, -0.15) is 0 Å². The minimum Gasteiger partial charge on any atom is -0.322 e. The monoisotopic (exact) mass is 384 g/mol. The number of nitrogens with zero attached hydrogens (tertiary/aromatic N) is 4. The lowest BCUT2D eigenvalue weighted by Crippen LogP contribution is -2.29. The molecule has 10 heteroatoms. The number of hydrogen-bond donors (Lipinski definition) is 2. The largest absolute Gasteiger partial charge is 0.329 e. The van der Waals surface area contributed by atoms with Gasteiger partial charge >= 0.3 is 5.69 Å². The van der Waals surface area contributed by atoms with Crippen LogP contribution >= 0.6 is 11.6 Å². The number of benzene rings is 1. The van der Waals surface area contributed by atoms with Crippen LogP contribution in [0.25, 0.3) is 33.2 Å². The fraction of sp³-hybridized carbons (Fsp3) is 0.118. The van der Waals surface area contributed by atoms with Gasteiger partial charge < -0.3 is 9.55 Å². The van der Waals surface area contributed by atoms with Crippen molar-refractivity contribution in [1.29, 1.82) is 0 Å². The molecule has 0 aliphatic heterocycles. The molecule has 4 rings (SSSR count). The van der Waals surface area contributed by atoms with Crippen molar-refractivity contribution < 1.29 is 0 Å². The van der Waals surface area contributed by atoms with Crippen LogP contribution in [0.3, 0.4) is 0 Å². The van der Waals surface area contributed by atoms with E-state index in [0.29, 0.717) is 16.7 Å². The molecule has 0 amide bonds. The average Bonchev–Trinajstić information content (AvgIpc) is 2.97. The molecule has 2 N–H and O–H groups in total. The number of para-hydroxylation sites is 1. The molecular formula is C17H13ClN6O3. The van der Waals surface area contributed by atoms with Crippen molar-refractivity contribution in [2.45, 2.75) is 0 Å². The number of aryl methyl sites for hydroxylation is 2. The summed E-state index contributed by atoms with van der Waals surface area (Å²) in [5.74, 6) is 0.507. The lowest BCUT2D eigenvalue weighted by atomic mass is 10.2. The highest BCUT2D eigenvalue weighted by Crippen LogP contribution is 2.20. The van der Waals surface area contributed by atoms with Crippen molar-refractivity contribution in [2.24, 2.45) is 14.1 Å². The van der Waals surface area contributed by atoms with Gasteiger partial charge in [0.1, 0.15) is 5.82 Å². The minimum atomic E-state index is -0.562. The molecule has 0 radical (unpaired) electrons. The molecule has 1 aromatic carbocycles. The van der Waals surface area contributed by atoms with Crippen LogP contribution in [0.1, 0.15) is 11.6 Å². The Hall–Kier alpha value is -3.46. The van der Waals surface area contributed by atoms with E-state index in [0.717, 1.165) is 0 Å². The number of nitrogens with one attached hydrogen (secondary N) is 2. The maximum atomic E-state index is 12.2. The van der Waals surface area contributed by atoms with Crippen LogP contribution in [-0.2, 0) is 14.1 Å². The summed E-state index contributed by atoms with van der Waals surface area (Å²) in [6, 6.07) is 6.90. The van der Waals surface area contributed by atoms with Crippen LogP contribution in [0.15, 0.2) is 38.6 Å². The quantitative estimate of drug-likeness (QED) is 0.533. The fourth-order valence-corrected chi connectivity index (χ4v) is 3.02. The Kier molecular flexibility index (Phi) is 3.81. The molecule has 0 aliphatic carbocycles. The summed E-state index contributed by atoms with van der Waals surface area (Å²) < 4.78 is 2.74. The summed E-state index contributed by atoms with van der Waals surface area (Å²) in [6.45, 7) is 0. The first-order valence-electron chi connectivity index (χ1n) is 7.89. The Morgan fingerprint density at radius 2 is 1.78 bits per heavy atom. The molecule has 0 bridgehead atoms. The van der Waals surface area contributed by atoms with Crippen LogP contribution in [0.5, 0.6) is 0 Å². The number of halogens is 1. The Bertz CT molecular complexity index is 1420. The van der Waals surface area contributed by atoms with Crippen molar-refractivity contribution in [2.75, 3.05) is 0 Å².